The van der Waals surface area contributed by atoms with Gasteiger partial charge in [0, 0.05) is 35.5 Å². The number of carbonyl (C=O) groups excluding carboxylic acids is 4. The van der Waals surface area contributed by atoms with Gasteiger partial charge in [0.25, 0.3) is 0 Å². The second-order valence-electron chi connectivity index (χ2n) is 16.4. The number of rotatable bonds is 20. The molecule has 0 aromatic rings. The Labute approximate surface area is 300 Å². The summed E-state index contributed by atoms with van der Waals surface area (Å²) in [4.78, 5) is 52.6. The SMILES string of the molecule is CCCCCCCCCCCCCCCC(=O)OCC(=O)[C@@]1(OC(=O)CCC)[C@H](C)C[C@H]2[C@@H]3CCC4=CC(=O)C=C[C@]4(C)[C@@]3(F)[C@@H](O)C[C@@]21C. The number of aliphatic hydroxyl groups excluding tert-OH is 1. The van der Waals surface area contributed by atoms with Crippen LogP contribution in [-0.4, -0.2) is 52.6 Å². The van der Waals surface area contributed by atoms with Gasteiger partial charge in [0.1, 0.15) is 0 Å². The molecule has 0 spiro atoms. The maximum Gasteiger partial charge on any atom is 0.306 e. The van der Waals surface area contributed by atoms with E-state index in [9.17, 15) is 24.3 Å². The number of Topliss-reactive ketones (excluding diaryl/α,β-unsaturated/α-hetero) is 1. The Morgan fingerprint density at radius 3 is 2.06 bits per heavy atom. The lowest BCUT2D eigenvalue weighted by Gasteiger charge is -2.62. The van der Waals surface area contributed by atoms with Crippen LogP contribution in [0.4, 0.5) is 4.39 Å². The third-order valence-corrected chi connectivity index (χ3v) is 13.2. The summed E-state index contributed by atoms with van der Waals surface area (Å²) in [6.07, 6.45) is 20.8. The lowest BCUT2D eigenvalue weighted by Crippen LogP contribution is -2.70. The molecule has 4 rings (SSSR count). The number of aliphatic hydroxyl groups is 1. The second kappa shape index (κ2) is 17.4. The molecule has 0 heterocycles. The van der Waals surface area contributed by atoms with Crippen molar-refractivity contribution < 1.29 is 38.1 Å². The van der Waals surface area contributed by atoms with Crippen molar-refractivity contribution in [3.05, 3.63) is 23.8 Å². The van der Waals surface area contributed by atoms with Crippen LogP contribution in [0.5, 0.6) is 0 Å². The molecule has 0 saturated heterocycles. The highest BCUT2D eigenvalue weighted by molar-refractivity contribution is 6.01. The molecule has 0 unspecified atom stereocenters. The van der Waals surface area contributed by atoms with E-state index in [-0.39, 0.29) is 31.0 Å². The molecule has 4 aliphatic carbocycles. The maximum absolute atomic E-state index is 17.7. The number of esters is 2. The Bertz CT molecular complexity index is 1270. The quantitative estimate of drug-likeness (QED) is 0.0997. The Morgan fingerprint density at radius 2 is 1.46 bits per heavy atom. The number of halogens is 1. The molecule has 0 bridgehead atoms. The van der Waals surface area contributed by atoms with E-state index in [2.05, 4.69) is 6.92 Å². The van der Waals surface area contributed by atoms with Gasteiger partial charge in [0.2, 0.25) is 5.78 Å². The van der Waals surface area contributed by atoms with E-state index in [0.29, 0.717) is 37.7 Å². The van der Waals surface area contributed by atoms with Crippen LogP contribution in [-0.2, 0) is 28.7 Å². The van der Waals surface area contributed by atoms with Crippen molar-refractivity contribution in [3.8, 4) is 0 Å². The maximum atomic E-state index is 17.7. The van der Waals surface area contributed by atoms with Gasteiger partial charge in [-0.25, -0.2) is 4.39 Å². The molecule has 0 aliphatic heterocycles. The first kappa shape index (κ1) is 40.4. The van der Waals surface area contributed by atoms with Gasteiger partial charge in [-0.15, -0.1) is 0 Å². The van der Waals surface area contributed by atoms with Gasteiger partial charge in [0.05, 0.1) is 6.10 Å². The van der Waals surface area contributed by atoms with Crippen molar-refractivity contribution in [3.63, 3.8) is 0 Å². The molecule has 3 fully saturated rings. The molecule has 0 radical (unpaired) electrons. The van der Waals surface area contributed by atoms with E-state index >= 15 is 4.39 Å². The minimum absolute atomic E-state index is 0.0995. The topological polar surface area (TPSA) is 107 Å². The van der Waals surface area contributed by atoms with Crippen LogP contribution in [0.25, 0.3) is 0 Å². The lowest BCUT2D eigenvalue weighted by molar-refractivity contribution is -0.228. The number of ether oxygens (including phenoxy) is 2. The fraction of sp³-hybridized carbons (Fsp3) is 0.810. The molecule has 0 amide bonds. The smallest absolute Gasteiger partial charge is 0.306 e. The van der Waals surface area contributed by atoms with Crippen LogP contribution < -0.4 is 0 Å². The van der Waals surface area contributed by atoms with Crippen molar-refractivity contribution >= 4 is 23.5 Å². The highest BCUT2D eigenvalue weighted by Gasteiger charge is 2.77. The number of ketones is 2. The number of hydrogen-bond donors (Lipinski definition) is 1. The minimum Gasteiger partial charge on any atom is -0.457 e. The average Bonchev–Trinajstić information content (AvgIpc) is 3.29. The van der Waals surface area contributed by atoms with E-state index in [1.54, 1.807) is 13.0 Å². The first-order chi connectivity index (χ1) is 23.8. The zero-order valence-corrected chi connectivity index (χ0v) is 31.7. The lowest BCUT2D eigenvalue weighted by atomic mass is 9.44. The molecule has 0 aromatic heterocycles. The van der Waals surface area contributed by atoms with Crippen molar-refractivity contribution in [2.75, 3.05) is 6.61 Å². The highest BCUT2D eigenvalue weighted by Crippen LogP contribution is 2.71. The molecular weight excluding hydrogens is 635 g/mol. The summed E-state index contributed by atoms with van der Waals surface area (Å²) in [5, 5.41) is 11.8. The van der Waals surface area contributed by atoms with Crippen molar-refractivity contribution in [1.82, 2.24) is 0 Å². The van der Waals surface area contributed by atoms with Crippen LogP contribution >= 0.6 is 0 Å². The molecule has 0 aromatic carbocycles. The minimum atomic E-state index is -2.06. The first-order valence-electron chi connectivity index (χ1n) is 20.0. The summed E-state index contributed by atoms with van der Waals surface area (Å²) in [5.74, 6) is -3.13. The fourth-order valence-corrected chi connectivity index (χ4v) is 10.4. The van der Waals surface area contributed by atoms with Gasteiger partial charge in [-0.3, -0.25) is 19.2 Å². The van der Waals surface area contributed by atoms with Crippen molar-refractivity contribution in [2.45, 2.75) is 180 Å². The third-order valence-electron chi connectivity index (χ3n) is 13.2. The van der Waals surface area contributed by atoms with E-state index in [1.807, 2.05) is 20.8 Å². The van der Waals surface area contributed by atoms with Gasteiger partial charge in [-0.1, -0.05) is 116 Å². The van der Waals surface area contributed by atoms with Crippen molar-refractivity contribution in [2.24, 2.45) is 28.6 Å². The Kier molecular flexibility index (Phi) is 14.1. The number of carbonyl (C=O) groups is 4. The molecular formula is C42H65FO7. The monoisotopic (exact) mass is 700 g/mol. The van der Waals surface area contributed by atoms with Gasteiger partial charge in [-0.2, -0.15) is 0 Å². The van der Waals surface area contributed by atoms with E-state index < -0.39 is 64.4 Å². The van der Waals surface area contributed by atoms with E-state index in [1.165, 1.54) is 69.9 Å². The Hall–Kier alpha value is -2.35. The van der Waals surface area contributed by atoms with E-state index in [4.69, 9.17) is 9.47 Å². The molecule has 7 nitrogen and oxygen atoms in total. The molecule has 50 heavy (non-hydrogen) atoms. The summed E-state index contributed by atoms with van der Waals surface area (Å²) in [6.45, 7) is 9.04. The van der Waals surface area contributed by atoms with Crippen LogP contribution in [0.1, 0.15) is 163 Å². The van der Waals surface area contributed by atoms with Crippen LogP contribution in [0, 0.1) is 28.6 Å². The fourth-order valence-electron chi connectivity index (χ4n) is 10.4. The Balaban J connectivity index is 1.37. The molecule has 4 aliphatic rings. The summed E-state index contributed by atoms with van der Waals surface area (Å²) in [6, 6.07) is 0. The zero-order valence-electron chi connectivity index (χ0n) is 31.7. The zero-order chi connectivity index (χ0) is 36.6. The number of hydrogen-bond acceptors (Lipinski definition) is 7. The predicted octanol–water partition coefficient (Wildman–Crippen LogP) is 9.28. The largest absolute Gasteiger partial charge is 0.457 e. The summed E-state index contributed by atoms with van der Waals surface area (Å²) in [7, 11) is 0. The van der Waals surface area contributed by atoms with Crippen LogP contribution in [0.3, 0.4) is 0 Å². The van der Waals surface area contributed by atoms with Gasteiger partial charge in [0.15, 0.2) is 23.7 Å². The van der Waals surface area contributed by atoms with E-state index in [0.717, 1.165) is 19.3 Å². The van der Waals surface area contributed by atoms with Crippen LogP contribution in [0.15, 0.2) is 23.8 Å². The predicted molar refractivity (Wildman–Crippen MR) is 193 cm³/mol. The number of unbranched alkanes of at least 4 members (excludes halogenated alkanes) is 12. The molecule has 3 saturated carbocycles. The molecule has 8 atom stereocenters. The normalized spacial score (nSPS) is 34.4. The number of alkyl halides is 1. The molecule has 282 valence electrons. The van der Waals surface area contributed by atoms with Gasteiger partial charge >= 0.3 is 11.9 Å². The van der Waals surface area contributed by atoms with Gasteiger partial charge in [-0.05, 0) is 63.5 Å². The summed E-state index contributed by atoms with van der Waals surface area (Å²) < 4.78 is 29.5. The summed E-state index contributed by atoms with van der Waals surface area (Å²) >= 11 is 0. The highest BCUT2D eigenvalue weighted by atomic mass is 19.1. The standard InChI is InChI=1S/C42H65FO7/c1-6-8-9-10-11-12-13-14-15-16-17-18-19-21-37(47)49-29-36(46)42(50-38(48)20-7-2)30(3)26-34-33-23-22-31-27-32(44)24-25-39(31,4)41(33,43)35(45)28-40(34,42)5/h24-25,27,30,33-35,45H,6-23,26,28-29H2,1-5H3/t30-,33+,34+,35+,39+,40+,41+,42+/m1/s1. The van der Waals surface area contributed by atoms with Gasteiger partial charge < -0.3 is 14.6 Å². The third kappa shape index (κ3) is 7.85. The number of fused-ring (bicyclic) bond motifs is 5. The first-order valence-corrected chi connectivity index (χ1v) is 20.0. The molecule has 1 N–H and O–H groups in total. The number of allylic oxidation sites excluding steroid dienone is 4. The second-order valence-corrected chi connectivity index (χ2v) is 16.4. The average molecular weight is 701 g/mol. The summed E-state index contributed by atoms with van der Waals surface area (Å²) in [5.41, 5.74) is -5.29. The molecule has 8 heteroatoms. The van der Waals surface area contributed by atoms with Crippen LogP contribution in [0.2, 0.25) is 0 Å². The Morgan fingerprint density at radius 1 is 0.860 bits per heavy atom. The van der Waals surface area contributed by atoms with Crippen molar-refractivity contribution in [1.29, 1.82) is 0 Å².